The van der Waals surface area contributed by atoms with Crippen molar-refractivity contribution in [3.63, 3.8) is 0 Å². The monoisotopic (exact) mass is 362 g/mol. The molecule has 20 heavy (non-hydrogen) atoms. The highest BCUT2D eigenvalue weighted by Crippen LogP contribution is 2.47. The molecule has 2 heterocycles. The Hall–Kier alpha value is -0.0200. The van der Waals surface area contributed by atoms with Gasteiger partial charge in [-0.05, 0) is 80.1 Å². The Bertz CT molecular complexity index is 833. The van der Waals surface area contributed by atoms with Crippen molar-refractivity contribution in [3.8, 4) is 11.1 Å². The summed E-state index contributed by atoms with van der Waals surface area (Å²) in [5.74, 6) is 4.71. The first kappa shape index (κ1) is 13.6. The van der Waals surface area contributed by atoms with Crippen molar-refractivity contribution in [1.29, 1.82) is 0 Å². The van der Waals surface area contributed by atoms with Crippen LogP contribution < -0.4 is 0 Å². The minimum absolute atomic E-state index is 1.42. The molecular formula is C14H8P6. The van der Waals surface area contributed by atoms with E-state index >= 15 is 0 Å². The van der Waals surface area contributed by atoms with Crippen molar-refractivity contribution in [2.24, 2.45) is 0 Å². The van der Waals surface area contributed by atoms with Crippen LogP contribution in [0, 0.1) is 0 Å². The average molecular weight is 362 g/mol. The number of hydrogen-bond acceptors (Lipinski definition) is 0. The molecule has 6 heteroatoms. The van der Waals surface area contributed by atoms with Gasteiger partial charge < -0.3 is 0 Å². The average Bonchev–Trinajstić information content (AvgIpc) is 2.54. The van der Waals surface area contributed by atoms with Gasteiger partial charge in [0.15, 0.2) is 0 Å². The van der Waals surface area contributed by atoms with Crippen LogP contribution in [0.2, 0.25) is 0 Å². The molecule has 0 aliphatic rings. The highest BCUT2D eigenvalue weighted by molar-refractivity contribution is 8.17. The number of benzene rings is 2. The van der Waals surface area contributed by atoms with E-state index in [0.29, 0.717) is 0 Å². The van der Waals surface area contributed by atoms with E-state index in [1.165, 1.54) is 78.7 Å². The zero-order valence-corrected chi connectivity index (χ0v) is 15.7. The van der Waals surface area contributed by atoms with E-state index in [2.05, 4.69) is 48.0 Å². The summed E-state index contributed by atoms with van der Waals surface area (Å²) in [6, 6.07) is 13.5. The molecule has 0 spiro atoms. The first-order valence-corrected chi connectivity index (χ1v) is 14.4. The summed E-state index contributed by atoms with van der Waals surface area (Å²) in [5, 5.41) is 5.87. The van der Waals surface area contributed by atoms with Crippen LogP contribution in [0.4, 0.5) is 0 Å². The van der Waals surface area contributed by atoms with Crippen LogP contribution in [0.25, 0.3) is 32.1 Å². The minimum Gasteiger partial charge on any atom is -0.0610 e. The molecule has 2 aromatic carbocycles. The van der Waals surface area contributed by atoms with Crippen molar-refractivity contribution < 1.29 is 0 Å². The predicted molar refractivity (Wildman–Crippen MR) is 102 cm³/mol. The second kappa shape index (κ2) is 6.00. The topological polar surface area (TPSA) is 0 Å². The molecule has 94 valence electrons. The molecule has 0 N–H and O–H groups in total. The lowest BCUT2D eigenvalue weighted by molar-refractivity contribution is 1.76. The molecule has 0 saturated heterocycles. The van der Waals surface area contributed by atoms with Crippen molar-refractivity contribution in [2.75, 3.05) is 0 Å². The highest BCUT2D eigenvalue weighted by atomic mass is 32.1. The van der Waals surface area contributed by atoms with Gasteiger partial charge in [-0.2, -0.15) is 0 Å². The second-order valence-corrected chi connectivity index (χ2v) is 13.9. The van der Waals surface area contributed by atoms with Crippen LogP contribution in [0.1, 0.15) is 0 Å². The number of fused-ring (bicyclic) bond motifs is 2. The maximum Gasteiger partial charge on any atom is 0.0221 e. The molecule has 0 aliphatic heterocycles. The van der Waals surface area contributed by atoms with Crippen LogP contribution in [0.15, 0.2) is 48.0 Å². The van der Waals surface area contributed by atoms with Gasteiger partial charge in [0.2, 0.25) is 0 Å². The maximum atomic E-state index is 2.35. The number of hydrogen-bond donors (Lipinski definition) is 0. The third kappa shape index (κ3) is 2.45. The molecule has 0 radical (unpaired) electrons. The van der Waals surface area contributed by atoms with E-state index in [4.69, 9.17) is 0 Å². The molecule has 0 aliphatic carbocycles. The zero-order chi connectivity index (χ0) is 13.4. The summed E-state index contributed by atoms with van der Waals surface area (Å²) in [6.07, 6.45) is 0. The van der Waals surface area contributed by atoms with Crippen LogP contribution in [0.3, 0.4) is 0 Å². The van der Waals surface area contributed by atoms with Gasteiger partial charge in [-0.1, -0.05) is 36.4 Å². The molecule has 4 rings (SSSR count). The Morgan fingerprint density at radius 3 is 1.60 bits per heavy atom. The first-order chi connectivity index (χ1) is 9.93. The van der Waals surface area contributed by atoms with Crippen LogP contribution in [0.5, 0.6) is 0 Å². The summed E-state index contributed by atoms with van der Waals surface area (Å²) in [4.78, 5) is 0. The maximum absolute atomic E-state index is 2.35. The lowest BCUT2D eigenvalue weighted by atomic mass is 10.0. The molecule has 0 amide bonds. The van der Waals surface area contributed by atoms with Gasteiger partial charge in [0.25, 0.3) is 0 Å². The summed E-state index contributed by atoms with van der Waals surface area (Å²) >= 11 is 0. The van der Waals surface area contributed by atoms with Gasteiger partial charge in [-0.25, -0.2) is 0 Å². The fraction of sp³-hybridized carbons (Fsp3) is 0. The van der Waals surface area contributed by atoms with Crippen molar-refractivity contribution in [3.05, 3.63) is 48.0 Å². The Kier molecular flexibility index (Phi) is 4.09. The van der Waals surface area contributed by atoms with Gasteiger partial charge in [0.05, 0.1) is 0 Å². The quantitative estimate of drug-likeness (QED) is 0.317. The lowest BCUT2D eigenvalue weighted by Crippen LogP contribution is -1.79. The molecule has 2 aromatic heterocycles. The van der Waals surface area contributed by atoms with E-state index in [9.17, 15) is 0 Å². The third-order valence-electron chi connectivity index (χ3n) is 3.21. The van der Waals surface area contributed by atoms with E-state index < -0.39 is 0 Å². The van der Waals surface area contributed by atoms with Gasteiger partial charge in [-0.3, -0.25) is 0 Å². The Morgan fingerprint density at radius 1 is 0.600 bits per heavy atom. The summed E-state index contributed by atoms with van der Waals surface area (Å²) in [7, 11) is 8.70. The fourth-order valence-corrected chi connectivity index (χ4v) is 11.4. The van der Waals surface area contributed by atoms with Gasteiger partial charge in [0, 0.05) is 10.2 Å². The molecule has 0 bridgehead atoms. The Balaban J connectivity index is 2.12. The normalized spacial score (nSPS) is 13.4. The van der Waals surface area contributed by atoms with Gasteiger partial charge in [0.1, 0.15) is 0 Å². The standard InChI is InChI=1S/C14H8P6/c1-3-9-7-15-19-17-13(9)11(5-1)12-6-2-4-10-8-16-20-18-14(10)12/h1-8H. The van der Waals surface area contributed by atoms with Crippen LogP contribution in [-0.4, -0.2) is 0 Å². The number of rotatable bonds is 1. The van der Waals surface area contributed by atoms with E-state index in [1.807, 2.05) is 0 Å². The minimum atomic E-state index is 1.42. The van der Waals surface area contributed by atoms with Gasteiger partial charge in [-0.15, -0.1) is 0 Å². The Labute approximate surface area is 126 Å². The fourth-order valence-electron chi connectivity index (χ4n) is 2.31. The third-order valence-corrected chi connectivity index (χ3v) is 12.3. The molecule has 0 unspecified atom stereocenters. The van der Waals surface area contributed by atoms with Crippen molar-refractivity contribution in [1.82, 2.24) is 0 Å². The molecule has 4 aromatic rings. The molecule has 0 fully saturated rings. The first-order valence-electron chi connectivity index (χ1n) is 6.08. The van der Waals surface area contributed by atoms with Crippen molar-refractivity contribution in [2.45, 2.75) is 0 Å². The molecule has 0 saturated carbocycles. The second-order valence-electron chi connectivity index (χ2n) is 4.35. The van der Waals surface area contributed by atoms with Gasteiger partial charge >= 0.3 is 0 Å². The van der Waals surface area contributed by atoms with Crippen molar-refractivity contribution >= 4 is 67.6 Å². The lowest BCUT2D eigenvalue weighted by Gasteiger charge is -2.08. The summed E-state index contributed by atoms with van der Waals surface area (Å²) < 4.78 is 0. The van der Waals surface area contributed by atoms with E-state index in [1.54, 1.807) is 0 Å². The largest absolute Gasteiger partial charge is 0.0610 e. The summed E-state index contributed by atoms with van der Waals surface area (Å²) in [6.45, 7) is 0. The predicted octanol–water partition coefficient (Wildman–Crippen LogP) is 9.14. The molecule has 0 nitrogen and oxygen atoms in total. The Morgan fingerprint density at radius 2 is 1.10 bits per heavy atom. The zero-order valence-electron chi connectivity index (χ0n) is 10.3. The molecular weight excluding hydrogens is 354 g/mol. The van der Waals surface area contributed by atoms with E-state index in [-0.39, 0.29) is 0 Å². The van der Waals surface area contributed by atoms with E-state index in [0.717, 1.165) is 0 Å². The highest BCUT2D eigenvalue weighted by Gasteiger charge is 2.07. The van der Waals surface area contributed by atoms with Crippen LogP contribution >= 0.6 is 46.6 Å². The molecule has 0 atom stereocenters. The summed E-state index contributed by atoms with van der Waals surface area (Å²) in [5.41, 5.74) is 2.88. The smallest absolute Gasteiger partial charge is 0.0221 e. The van der Waals surface area contributed by atoms with Crippen LogP contribution in [-0.2, 0) is 0 Å². The SMILES string of the molecule is c1cc(-c2cccc3cpppc23)c2pppcc2c1.